The van der Waals surface area contributed by atoms with Gasteiger partial charge >= 0.3 is 0 Å². The molecule has 1 atom stereocenters. The summed E-state index contributed by atoms with van der Waals surface area (Å²) in [6.45, 7) is 7.62. The predicted molar refractivity (Wildman–Crippen MR) is 100 cm³/mol. The summed E-state index contributed by atoms with van der Waals surface area (Å²) in [4.78, 5) is 17.0. The van der Waals surface area contributed by atoms with Gasteiger partial charge in [-0.3, -0.25) is 4.79 Å². The zero-order valence-electron chi connectivity index (χ0n) is 13.7. The number of hydrogen-bond acceptors (Lipinski definition) is 3. The van der Waals surface area contributed by atoms with Crippen molar-refractivity contribution in [2.75, 3.05) is 44.2 Å². The van der Waals surface area contributed by atoms with E-state index in [1.807, 2.05) is 0 Å². The quantitative estimate of drug-likeness (QED) is 0.880. The third-order valence-corrected chi connectivity index (χ3v) is 4.60. The van der Waals surface area contributed by atoms with Crippen molar-refractivity contribution in [2.24, 2.45) is 5.92 Å². The molecule has 0 radical (unpaired) electrons. The van der Waals surface area contributed by atoms with E-state index in [2.05, 4.69) is 46.3 Å². The molecule has 1 aromatic carbocycles. The lowest BCUT2D eigenvalue weighted by Crippen LogP contribution is -2.52. The maximum atomic E-state index is 12.5. The molecule has 3 rings (SSSR count). The highest BCUT2D eigenvalue weighted by Gasteiger charge is 2.28. The van der Waals surface area contributed by atoms with Crippen LogP contribution in [-0.4, -0.2) is 50.1 Å². The molecule has 0 bridgehead atoms. The Hall–Kier alpha value is -0.970. The first-order valence-electron chi connectivity index (χ1n) is 8.05. The van der Waals surface area contributed by atoms with Crippen molar-refractivity contribution >= 4 is 36.4 Å². The molecule has 6 heteroatoms. The van der Waals surface area contributed by atoms with Crippen LogP contribution >= 0.6 is 24.8 Å². The van der Waals surface area contributed by atoms with Gasteiger partial charge in [0.1, 0.15) is 0 Å². The summed E-state index contributed by atoms with van der Waals surface area (Å²) >= 11 is 0. The Labute approximate surface area is 151 Å². The Morgan fingerprint density at radius 3 is 2.52 bits per heavy atom. The molecule has 1 N–H and O–H groups in total. The van der Waals surface area contributed by atoms with Crippen LogP contribution in [0.5, 0.6) is 0 Å². The van der Waals surface area contributed by atoms with E-state index in [9.17, 15) is 4.79 Å². The number of carbonyl (C=O) groups is 1. The Morgan fingerprint density at radius 2 is 1.91 bits per heavy atom. The summed E-state index contributed by atoms with van der Waals surface area (Å²) < 4.78 is 0. The first kappa shape index (κ1) is 20.1. The van der Waals surface area contributed by atoms with Crippen molar-refractivity contribution in [1.82, 2.24) is 10.2 Å². The van der Waals surface area contributed by atoms with Crippen LogP contribution in [0.1, 0.15) is 18.4 Å². The van der Waals surface area contributed by atoms with E-state index >= 15 is 0 Å². The minimum Gasteiger partial charge on any atom is -0.368 e. The fourth-order valence-corrected chi connectivity index (χ4v) is 3.33. The lowest BCUT2D eigenvalue weighted by Gasteiger charge is -2.38. The van der Waals surface area contributed by atoms with Crippen molar-refractivity contribution in [3.8, 4) is 0 Å². The molecule has 23 heavy (non-hydrogen) atoms. The normalized spacial score (nSPS) is 21.2. The van der Waals surface area contributed by atoms with Gasteiger partial charge in [0.15, 0.2) is 0 Å². The van der Waals surface area contributed by atoms with E-state index in [4.69, 9.17) is 0 Å². The molecule has 2 fully saturated rings. The van der Waals surface area contributed by atoms with Gasteiger partial charge in [0.05, 0.1) is 5.92 Å². The molecule has 0 spiro atoms. The van der Waals surface area contributed by atoms with Crippen LogP contribution in [0.3, 0.4) is 0 Å². The Morgan fingerprint density at radius 1 is 1.17 bits per heavy atom. The van der Waals surface area contributed by atoms with E-state index in [0.29, 0.717) is 5.91 Å². The summed E-state index contributed by atoms with van der Waals surface area (Å²) in [5.41, 5.74) is 2.57. The topological polar surface area (TPSA) is 35.6 Å². The summed E-state index contributed by atoms with van der Waals surface area (Å²) in [5, 5.41) is 3.34. The lowest BCUT2D eigenvalue weighted by molar-refractivity contribution is -0.136. The molecular weight excluding hydrogens is 333 g/mol. The van der Waals surface area contributed by atoms with Crippen LogP contribution in [0.25, 0.3) is 0 Å². The zero-order chi connectivity index (χ0) is 14.7. The summed E-state index contributed by atoms with van der Waals surface area (Å²) in [6.07, 6.45) is 2.17. The van der Waals surface area contributed by atoms with Gasteiger partial charge in [-0.25, -0.2) is 0 Å². The van der Waals surface area contributed by atoms with Gasteiger partial charge in [-0.15, -0.1) is 24.8 Å². The number of rotatable bonds is 2. The predicted octanol–water partition coefficient (Wildman–Crippen LogP) is 2.49. The van der Waals surface area contributed by atoms with Gasteiger partial charge in [-0.05, 0) is 44.0 Å². The standard InChI is InChI=1S/C17H25N3O.2ClH/c1-14-4-2-6-16(12-14)19-8-10-20(11-9-19)17(21)15-5-3-7-18-13-15;;/h2,4,6,12,15,18H,3,5,7-11,13H2,1H3;2*1H/t15-;;/m1../s1. The van der Waals surface area contributed by atoms with E-state index in [0.717, 1.165) is 52.1 Å². The third kappa shape index (κ3) is 5.00. The van der Waals surface area contributed by atoms with Gasteiger partial charge in [0.2, 0.25) is 5.91 Å². The molecule has 4 nitrogen and oxygen atoms in total. The molecule has 1 amide bonds. The number of halogens is 2. The Bertz CT molecular complexity index is 498. The number of amides is 1. The highest BCUT2D eigenvalue weighted by molar-refractivity contribution is 5.85. The summed E-state index contributed by atoms with van der Waals surface area (Å²) in [5.74, 6) is 0.551. The van der Waals surface area contributed by atoms with E-state index in [1.54, 1.807) is 0 Å². The molecule has 0 aliphatic carbocycles. The smallest absolute Gasteiger partial charge is 0.227 e. The molecule has 0 unspecified atom stereocenters. The van der Waals surface area contributed by atoms with E-state index in [-0.39, 0.29) is 30.7 Å². The van der Waals surface area contributed by atoms with E-state index in [1.165, 1.54) is 11.3 Å². The molecule has 0 aromatic heterocycles. The fraction of sp³-hybridized carbons (Fsp3) is 0.588. The summed E-state index contributed by atoms with van der Waals surface area (Å²) in [7, 11) is 0. The summed E-state index contributed by atoms with van der Waals surface area (Å²) in [6, 6.07) is 8.62. The van der Waals surface area contributed by atoms with Crippen molar-refractivity contribution in [3.05, 3.63) is 29.8 Å². The number of nitrogens with zero attached hydrogens (tertiary/aromatic N) is 2. The molecule has 2 heterocycles. The first-order valence-corrected chi connectivity index (χ1v) is 8.05. The van der Waals surface area contributed by atoms with Crippen molar-refractivity contribution in [1.29, 1.82) is 0 Å². The minimum absolute atomic E-state index is 0. The number of anilines is 1. The van der Waals surface area contributed by atoms with Crippen LogP contribution < -0.4 is 10.2 Å². The fourth-order valence-electron chi connectivity index (χ4n) is 3.33. The largest absolute Gasteiger partial charge is 0.368 e. The van der Waals surface area contributed by atoms with E-state index < -0.39 is 0 Å². The maximum Gasteiger partial charge on any atom is 0.227 e. The third-order valence-electron chi connectivity index (χ3n) is 4.60. The monoisotopic (exact) mass is 359 g/mol. The van der Waals surface area contributed by atoms with Crippen molar-refractivity contribution in [2.45, 2.75) is 19.8 Å². The minimum atomic E-state index is 0. The van der Waals surface area contributed by atoms with Crippen LogP contribution in [0.15, 0.2) is 24.3 Å². The van der Waals surface area contributed by atoms with Gasteiger partial charge in [-0.1, -0.05) is 12.1 Å². The molecule has 130 valence electrons. The highest BCUT2D eigenvalue weighted by atomic mass is 35.5. The Kier molecular flexibility index (Phi) is 8.17. The highest BCUT2D eigenvalue weighted by Crippen LogP contribution is 2.20. The number of aryl methyl sites for hydroxylation is 1. The number of carbonyl (C=O) groups excluding carboxylic acids is 1. The van der Waals surface area contributed by atoms with Gasteiger partial charge in [0.25, 0.3) is 0 Å². The number of hydrogen-bond donors (Lipinski definition) is 1. The molecule has 0 saturated carbocycles. The molecule has 1 aromatic rings. The SMILES string of the molecule is Cc1cccc(N2CCN(C(=O)[C@@H]3CCCNC3)CC2)c1.Cl.Cl. The maximum absolute atomic E-state index is 12.5. The number of benzene rings is 1. The molecule has 2 saturated heterocycles. The molecule has 2 aliphatic rings. The second kappa shape index (κ2) is 9.36. The Balaban J connectivity index is 0.00000132. The average Bonchev–Trinajstić information content (AvgIpc) is 2.55. The number of piperazine rings is 1. The second-order valence-electron chi connectivity index (χ2n) is 6.19. The van der Waals surface area contributed by atoms with Crippen molar-refractivity contribution in [3.63, 3.8) is 0 Å². The van der Waals surface area contributed by atoms with Gasteiger partial charge < -0.3 is 15.1 Å². The van der Waals surface area contributed by atoms with Crippen LogP contribution in [0.4, 0.5) is 5.69 Å². The lowest BCUT2D eigenvalue weighted by atomic mass is 9.98. The van der Waals surface area contributed by atoms with Crippen LogP contribution in [-0.2, 0) is 4.79 Å². The number of nitrogens with one attached hydrogen (secondary N) is 1. The molecular formula is C17H27Cl2N3O. The van der Waals surface area contributed by atoms with Gasteiger partial charge in [0, 0.05) is 38.4 Å². The van der Waals surface area contributed by atoms with Crippen LogP contribution in [0.2, 0.25) is 0 Å². The van der Waals surface area contributed by atoms with Gasteiger partial charge in [-0.2, -0.15) is 0 Å². The zero-order valence-corrected chi connectivity index (χ0v) is 15.3. The number of piperidine rings is 1. The molecule has 2 aliphatic heterocycles. The van der Waals surface area contributed by atoms with Crippen molar-refractivity contribution < 1.29 is 4.79 Å². The first-order chi connectivity index (χ1) is 10.2. The second-order valence-corrected chi connectivity index (χ2v) is 6.19. The van der Waals surface area contributed by atoms with Crippen LogP contribution in [0, 0.1) is 12.8 Å². The average molecular weight is 360 g/mol.